The Balaban J connectivity index is 2.20. The van der Waals surface area contributed by atoms with Gasteiger partial charge in [0.25, 0.3) is 0 Å². The van der Waals surface area contributed by atoms with Gasteiger partial charge in [0.2, 0.25) is 5.91 Å². The van der Waals surface area contributed by atoms with Crippen molar-refractivity contribution in [3.05, 3.63) is 0 Å². The molecule has 0 spiro atoms. The van der Waals surface area contributed by atoms with Gasteiger partial charge in [0.15, 0.2) is 0 Å². The number of nitrogens with one attached hydrogen (secondary N) is 1. The van der Waals surface area contributed by atoms with E-state index in [-0.39, 0.29) is 18.9 Å². The lowest BCUT2D eigenvalue weighted by Gasteiger charge is -2.37. The molecular formula is C16H30N2O4. The predicted octanol–water partition coefficient (Wildman–Crippen LogP) is 2.05. The molecule has 128 valence electrons. The average molecular weight is 314 g/mol. The Morgan fingerprint density at radius 1 is 1.27 bits per heavy atom. The molecule has 0 atom stereocenters. The summed E-state index contributed by atoms with van der Waals surface area (Å²) in [4.78, 5) is 25.4. The molecule has 1 aliphatic rings. The van der Waals surface area contributed by atoms with Crippen LogP contribution < -0.4 is 5.32 Å². The zero-order chi connectivity index (χ0) is 16.6. The van der Waals surface area contributed by atoms with Gasteiger partial charge in [-0.15, -0.1) is 0 Å². The van der Waals surface area contributed by atoms with Gasteiger partial charge < -0.3 is 20.1 Å². The fraction of sp³-hybridized carbons (Fsp3) is 0.875. The fourth-order valence-corrected chi connectivity index (χ4v) is 2.36. The number of ether oxygens (including phenoxy) is 1. The number of aliphatic hydroxyl groups is 1. The second kappa shape index (κ2) is 8.98. The van der Waals surface area contributed by atoms with E-state index in [2.05, 4.69) is 5.32 Å². The first-order valence-corrected chi connectivity index (χ1v) is 8.20. The Hall–Kier alpha value is -1.30. The maximum Gasteiger partial charge on any atom is 0.407 e. The summed E-state index contributed by atoms with van der Waals surface area (Å²) in [7, 11) is 0. The summed E-state index contributed by atoms with van der Waals surface area (Å²) in [5.41, 5.74) is -0.484. The Kier molecular flexibility index (Phi) is 7.65. The van der Waals surface area contributed by atoms with E-state index < -0.39 is 11.7 Å². The summed E-state index contributed by atoms with van der Waals surface area (Å²) in [6, 6.07) is 0.345. The van der Waals surface area contributed by atoms with Gasteiger partial charge in [-0.25, -0.2) is 4.79 Å². The molecule has 1 saturated carbocycles. The van der Waals surface area contributed by atoms with Gasteiger partial charge in [0.05, 0.1) is 6.61 Å². The van der Waals surface area contributed by atoms with Crippen molar-refractivity contribution in [2.45, 2.75) is 70.9 Å². The zero-order valence-corrected chi connectivity index (χ0v) is 14.1. The smallest absolute Gasteiger partial charge is 0.407 e. The van der Waals surface area contributed by atoms with Crippen LogP contribution in [-0.2, 0) is 9.53 Å². The number of rotatable bonds is 8. The maximum atomic E-state index is 12.0. The topological polar surface area (TPSA) is 78.9 Å². The molecular weight excluding hydrogens is 284 g/mol. The molecule has 0 bridgehead atoms. The van der Waals surface area contributed by atoms with Gasteiger partial charge in [0, 0.05) is 25.6 Å². The van der Waals surface area contributed by atoms with E-state index in [1.165, 1.54) is 6.42 Å². The minimum absolute atomic E-state index is 0.0345. The highest BCUT2D eigenvalue weighted by Gasteiger charge is 2.27. The summed E-state index contributed by atoms with van der Waals surface area (Å²) in [5, 5.41) is 11.6. The highest BCUT2D eigenvalue weighted by Crippen LogP contribution is 2.25. The van der Waals surface area contributed by atoms with E-state index in [9.17, 15) is 9.59 Å². The average Bonchev–Trinajstić information content (AvgIpc) is 2.32. The van der Waals surface area contributed by atoms with Crippen molar-refractivity contribution in [2.24, 2.45) is 0 Å². The maximum absolute atomic E-state index is 12.0. The largest absolute Gasteiger partial charge is 0.444 e. The number of unbranched alkanes of at least 4 members (excludes halogenated alkanes) is 1. The van der Waals surface area contributed by atoms with Gasteiger partial charge in [-0.2, -0.15) is 0 Å². The highest BCUT2D eigenvalue weighted by atomic mass is 16.6. The number of carbonyl (C=O) groups is 2. The van der Waals surface area contributed by atoms with E-state index >= 15 is 0 Å². The van der Waals surface area contributed by atoms with Gasteiger partial charge in [-0.1, -0.05) is 0 Å². The molecule has 1 rings (SSSR count). The molecule has 0 aliphatic heterocycles. The molecule has 6 nitrogen and oxygen atoms in total. The Bertz CT molecular complexity index is 362. The van der Waals surface area contributed by atoms with Crippen molar-refractivity contribution in [2.75, 3.05) is 19.7 Å². The third kappa shape index (κ3) is 7.11. The summed E-state index contributed by atoms with van der Waals surface area (Å²) in [5.74, 6) is 0.0345. The minimum Gasteiger partial charge on any atom is -0.444 e. The van der Waals surface area contributed by atoms with Crippen LogP contribution in [0.2, 0.25) is 0 Å². The van der Waals surface area contributed by atoms with Crippen molar-refractivity contribution in [3.63, 3.8) is 0 Å². The second-order valence-corrected chi connectivity index (χ2v) is 6.78. The van der Waals surface area contributed by atoms with Crippen molar-refractivity contribution >= 4 is 12.0 Å². The molecule has 0 unspecified atom stereocenters. The molecule has 22 heavy (non-hydrogen) atoms. The minimum atomic E-state index is -0.484. The highest BCUT2D eigenvalue weighted by molar-refractivity contribution is 5.76. The second-order valence-electron chi connectivity index (χ2n) is 6.78. The van der Waals surface area contributed by atoms with Crippen LogP contribution in [-0.4, -0.2) is 53.3 Å². The normalized spacial score (nSPS) is 15.1. The van der Waals surface area contributed by atoms with E-state index in [1.54, 1.807) is 0 Å². The van der Waals surface area contributed by atoms with Crippen LogP contribution in [0.3, 0.4) is 0 Å². The van der Waals surface area contributed by atoms with Crippen LogP contribution in [0.5, 0.6) is 0 Å². The Morgan fingerprint density at radius 3 is 2.45 bits per heavy atom. The molecule has 0 radical (unpaired) electrons. The van der Waals surface area contributed by atoms with Crippen LogP contribution in [0.4, 0.5) is 4.79 Å². The van der Waals surface area contributed by atoms with Crippen LogP contribution in [0.25, 0.3) is 0 Å². The number of aliphatic hydroxyl groups excluding tert-OH is 1. The first-order valence-electron chi connectivity index (χ1n) is 8.20. The lowest BCUT2D eigenvalue weighted by atomic mass is 9.91. The van der Waals surface area contributed by atoms with Crippen molar-refractivity contribution < 1.29 is 19.4 Å². The summed E-state index contributed by atoms with van der Waals surface area (Å²) in [6.07, 6.45) is 4.74. The van der Waals surface area contributed by atoms with E-state index in [1.807, 2.05) is 25.7 Å². The van der Waals surface area contributed by atoms with Crippen molar-refractivity contribution in [3.8, 4) is 0 Å². The number of hydrogen-bond acceptors (Lipinski definition) is 4. The fourth-order valence-electron chi connectivity index (χ4n) is 2.36. The lowest BCUT2D eigenvalue weighted by molar-refractivity contribution is -0.136. The summed E-state index contributed by atoms with van der Waals surface area (Å²) in [6.45, 7) is 6.63. The standard InChI is InChI=1S/C16H30N2O4/c1-16(2,3)22-15(21)17-10-4-5-11-18(13-7-6-8-13)14(20)9-12-19/h13,19H,4-12H2,1-3H3,(H,17,21). The Labute approximate surface area is 133 Å². The van der Waals surface area contributed by atoms with Gasteiger partial charge in [-0.3, -0.25) is 4.79 Å². The third-order valence-corrected chi connectivity index (χ3v) is 3.66. The number of carbonyl (C=O) groups excluding carboxylic acids is 2. The van der Waals surface area contributed by atoms with Gasteiger partial charge >= 0.3 is 6.09 Å². The van der Waals surface area contributed by atoms with Crippen LogP contribution >= 0.6 is 0 Å². The first kappa shape index (κ1) is 18.7. The van der Waals surface area contributed by atoms with Crippen molar-refractivity contribution in [1.29, 1.82) is 0 Å². The predicted molar refractivity (Wildman–Crippen MR) is 84.5 cm³/mol. The molecule has 0 heterocycles. The quantitative estimate of drug-likeness (QED) is 0.672. The molecule has 2 N–H and O–H groups in total. The Morgan fingerprint density at radius 2 is 1.95 bits per heavy atom. The summed E-state index contributed by atoms with van der Waals surface area (Å²) < 4.78 is 5.16. The molecule has 0 aromatic rings. The van der Waals surface area contributed by atoms with Gasteiger partial charge in [0.1, 0.15) is 5.60 Å². The monoisotopic (exact) mass is 314 g/mol. The van der Waals surface area contributed by atoms with E-state index in [0.717, 1.165) is 25.7 Å². The molecule has 0 aromatic heterocycles. The number of amides is 2. The van der Waals surface area contributed by atoms with Crippen LogP contribution in [0, 0.1) is 0 Å². The summed E-state index contributed by atoms with van der Waals surface area (Å²) >= 11 is 0. The number of nitrogens with zero attached hydrogens (tertiary/aromatic N) is 1. The lowest BCUT2D eigenvalue weighted by Crippen LogP contribution is -2.45. The van der Waals surface area contributed by atoms with Gasteiger partial charge in [-0.05, 0) is 52.9 Å². The SMILES string of the molecule is CC(C)(C)OC(=O)NCCCCN(C(=O)CCO)C1CCC1. The number of hydrogen-bond donors (Lipinski definition) is 2. The van der Waals surface area contributed by atoms with E-state index in [4.69, 9.17) is 9.84 Å². The number of alkyl carbamates (subject to hydrolysis) is 1. The molecule has 6 heteroatoms. The third-order valence-electron chi connectivity index (χ3n) is 3.66. The van der Waals surface area contributed by atoms with Crippen LogP contribution in [0.1, 0.15) is 59.3 Å². The molecule has 2 amide bonds. The van der Waals surface area contributed by atoms with Crippen LogP contribution in [0.15, 0.2) is 0 Å². The van der Waals surface area contributed by atoms with E-state index in [0.29, 0.717) is 19.1 Å². The molecule has 1 aliphatic carbocycles. The molecule has 0 aromatic carbocycles. The van der Waals surface area contributed by atoms with Crippen molar-refractivity contribution in [1.82, 2.24) is 10.2 Å². The zero-order valence-electron chi connectivity index (χ0n) is 14.1. The molecule has 0 saturated heterocycles. The first-order chi connectivity index (χ1) is 10.3. The molecule has 1 fully saturated rings.